The van der Waals surface area contributed by atoms with Crippen molar-refractivity contribution in [2.24, 2.45) is 0 Å². The molecule has 2 aromatic rings. The first-order valence-electron chi connectivity index (χ1n) is 5.90. The summed E-state index contributed by atoms with van der Waals surface area (Å²) in [4.78, 5) is 15.8. The van der Waals surface area contributed by atoms with Crippen molar-refractivity contribution >= 4 is 17.5 Å². The standard InChI is InChI=1S/C13H11FN2O2S/c14-10-4-2-1-3-8(10)5-12-15-13(18-16-12)9-6-19-7-11(9)17/h1-4,9H,5-7H2. The number of thioether (sulfide) groups is 1. The molecule has 1 fully saturated rings. The van der Waals surface area contributed by atoms with Gasteiger partial charge in [-0.15, -0.1) is 0 Å². The molecule has 2 heterocycles. The zero-order valence-corrected chi connectivity index (χ0v) is 10.8. The number of aromatic nitrogens is 2. The number of rotatable bonds is 3. The highest BCUT2D eigenvalue weighted by molar-refractivity contribution is 8.00. The van der Waals surface area contributed by atoms with E-state index in [1.807, 2.05) is 0 Å². The maximum Gasteiger partial charge on any atom is 0.238 e. The predicted molar refractivity (Wildman–Crippen MR) is 68.6 cm³/mol. The summed E-state index contributed by atoms with van der Waals surface area (Å²) in [5, 5.41) is 3.82. The summed E-state index contributed by atoms with van der Waals surface area (Å²) < 4.78 is 18.6. The molecule has 98 valence electrons. The van der Waals surface area contributed by atoms with E-state index in [1.54, 1.807) is 30.0 Å². The summed E-state index contributed by atoms with van der Waals surface area (Å²) in [6.45, 7) is 0. The molecular weight excluding hydrogens is 267 g/mol. The lowest BCUT2D eigenvalue weighted by molar-refractivity contribution is -0.117. The lowest BCUT2D eigenvalue weighted by atomic mass is 10.1. The van der Waals surface area contributed by atoms with Crippen LogP contribution < -0.4 is 0 Å². The van der Waals surface area contributed by atoms with Gasteiger partial charge in [0.25, 0.3) is 0 Å². The fraction of sp³-hybridized carbons (Fsp3) is 0.308. The largest absolute Gasteiger partial charge is 0.339 e. The summed E-state index contributed by atoms with van der Waals surface area (Å²) in [5.74, 6) is 1.46. The summed E-state index contributed by atoms with van der Waals surface area (Å²) in [7, 11) is 0. The third-order valence-corrected chi connectivity index (χ3v) is 4.06. The Morgan fingerprint density at radius 3 is 3.00 bits per heavy atom. The zero-order valence-electron chi connectivity index (χ0n) is 10.0. The van der Waals surface area contributed by atoms with Crippen LogP contribution >= 0.6 is 11.8 Å². The van der Waals surface area contributed by atoms with Gasteiger partial charge in [-0.1, -0.05) is 23.4 Å². The van der Waals surface area contributed by atoms with Crippen LogP contribution in [0.5, 0.6) is 0 Å². The van der Waals surface area contributed by atoms with Gasteiger partial charge in [0.15, 0.2) is 11.6 Å². The van der Waals surface area contributed by atoms with Gasteiger partial charge in [0.05, 0.1) is 5.75 Å². The molecule has 0 radical (unpaired) electrons. The second-order valence-electron chi connectivity index (χ2n) is 4.35. The third-order valence-electron chi connectivity index (χ3n) is 3.01. The monoisotopic (exact) mass is 278 g/mol. The fourth-order valence-electron chi connectivity index (χ4n) is 1.97. The summed E-state index contributed by atoms with van der Waals surface area (Å²) in [5.41, 5.74) is 0.516. The Kier molecular flexibility index (Phi) is 3.33. The molecule has 0 amide bonds. The fourth-order valence-corrected chi connectivity index (χ4v) is 3.06. The number of hydrogen-bond acceptors (Lipinski definition) is 5. The minimum atomic E-state index is -0.299. The van der Waals surface area contributed by atoms with Crippen LogP contribution in [0.4, 0.5) is 4.39 Å². The van der Waals surface area contributed by atoms with Crippen LogP contribution in [0.15, 0.2) is 28.8 Å². The Labute approximate surface area is 113 Å². The summed E-state index contributed by atoms with van der Waals surface area (Å²) in [6, 6.07) is 6.47. The molecule has 0 N–H and O–H groups in total. The van der Waals surface area contributed by atoms with Crippen molar-refractivity contribution in [3.8, 4) is 0 Å². The predicted octanol–water partition coefficient (Wildman–Crippen LogP) is 2.20. The molecule has 0 spiro atoms. The van der Waals surface area contributed by atoms with E-state index < -0.39 is 0 Å². The molecule has 19 heavy (non-hydrogen) atoms. The molecule has 4 nitrogen and oxygen atoms in total. The minimum absolute atomic E-state index is 0.117. The molecule has 3 rings (SSSR count). The van der Waals surface area contributed by atoms with Crippen molar-refractivity contribution < 1.29 is 13.7 Å². The normalized spacial score (nSPS) is 19.0. The smallest absolute Gasteiger partial charge is 0.238 e. The lowest BCUT2D eigenvalue weighted by Crippen LogP contribution is -2.09. The minimum Gasteiger partial charge on any atom is -0.339 e. The number of carbonyl (C=O) groups excluding carboxylic acids is 1. The van der Waals surface area contributed by atoms with Crippen LogP contribution in [0, 0.1) is 5.82 Å². The van der Waals surface area contributed by atoms with Gasteiger partial charge in [0.2, 0.25) is 5.89 Å². The second-order valence-corrected chi connectivity index (χ2v) is 5.38. The Balaban J connectivity index is 1.78. The zero-order chi connectivity index (χ0) is 13.2. The van der Waals surface area contributed by atoms with Gasteiger partial charge in [-0.05, 0) is 11.6 Å². The van der Waals surface area contributed by atoms with Crippen molar-refractivity contribution in [2.75, 3.05) is 11.5 Å². The average Bonchev–Trinajstić information content (AvgIpc) is 3.01. The molecule has 6 heteroatoms. The molecular formula is C13H11FN2O2S. The number of benzene rings is 1. The van der Waals surface area contributed by atoms with Gasteiger partial charge < -0.3 is 4.52 Å². The molecule has 1 saturated heterocycles. The topological polar surface area (TPSA) is 56.0 Å². The van der Waals surface area contributed by atoms with E-state index in [4.69, 9.17) is 4.52 Å². The Bertz CT molecular complexity index is 614. The van der Waals surface area contributed by atoms with Crippen molar-refractivity contribution in [1.82, 2.24) is 10.1 Å². The first-order valence-corrected chi connectivity index (χ1v) is 7.06. The molecule has 1 unspecified atom stereocenters. The first kappa shape index (κ1) is 12.3. The molecule has 1 aliphatic heterocycles. The number of nitrogens with zero attached hydrogens (tertiary/aromatic N) is 2. The first-order chi connectivity index (χ1) is 9.24. The molecule has 1 aromatic heterocycles. The molecule has 1 aliphatic rings. The highest BCUT2D eigenvalue weighted by atomic mass is 32.2. The molecule has 1 atom stereocenters. The molecule has 0 saturated carbocycles. The quantitative estimate of drug-likeness (QED) is 0.861. The Hall–Kier alpha value is -1.69. The van der Waals surface area contributed by atoms with Crippen molar-refractivity contribution in [2.45, 2.75) is 12.3 Å². The van der Waals surface area contributed by atoms with Gasteiger partial charge in [-0.3, -0.25) is 4.79 Å². The molecule has 1 aromatic carbocycles. The average molecular weight is 278 g/mol. The van der Waals surface area contributed by atoms with Crippen LogP contribution in [0.2, 0.25) is 0 Å². The highest BCUT2D eigenvalue weighted by Gasteiger charge is 2.31. The van der Waals surface area contributed by atoms with Gasteiger partial charge >= 0.3 is 0 Å². The van der Waals surface area contributed by atoms with Crippen LogP contribution in [0.1, 0.15) is 23.2 Å². The maximum atomic E-state index is 13.5. The molecule has 0 aliphatic carbocycles. The van der Waals surface area contributed by atoms with E-state index in [-0.39, 0.29) is 23.9 Å². The van der Waals surface area contributed by atoms with Crippen molar-refractivity contribution in [3.63, 3.8) is 0 Å². The van der Waals surface area contributed by atoms with E-state index >= 15 is 0 Å². The van der Waals surface area contributed by atoms with E-state index in [1.165, 1.54) is 6.07 Å². The van der Waals surface area contributed by atoms with Crippen LogP contribution in [0.25, 0.3) is 0 Å². The number of carbonyl (C=O) groups is 1. The van der Waals surface area contributed by atoms with Crippen molar-refractivity contribution in [1.29, 1.82) is 0 Å². The number of halogens is 1. The maximum absolute atomic E-state index is 13.5. The summed E-state index contributed by atoms with van der Waals surface area (Å²) >= 11 is 1.56. The van der Waals surface area contributed by atoms with E-state index in [0.29, 0.717) is 28.8 Å². The SMILES string of the molecule is O=C1CSCC1c1nc(Cc2ccccc2F)no1. The lowest BCUT2D eigenvalue weighted by Gasteiger charge is -1.99. The van der Waals surface area contributed by atoms with E-state index in [9.17, 15) is 9.18 Å². The Morgan fingerprint density at radius 1 is 1.42 bits per heavy atom. The van der Waals surface area contributed by atoms with Gasteiger partial charge in [-0.25, -0.2) is 4.39 Å². The van der Waals surface area contributed by atoms with Crippen LogP contribution in [-0.4, -0.2) is 27.4 Å². The van der Waals surface area contributed by atoms with E-state index in [0.717, 1.165) is 0 Å². The Morgan fingerprint density at radius 2 is 2.26 bits per heavy atom. The van der Waals surface area contributed by atoms with Gasteiger partial charge in [-0.2, -0.15) is 16.7 Å². The summed E-state index contributed by atoms with van der Waals surface area (Å²) in [6.07, 6.45) is 0.268. The van der Waals surface area contributed by atoms with Crippen LogP contribution in [0.3, 0.4) is 0 Å². The van der Waals surface area contributed by atoms with E-state index in [2.05, 4.69) is 10.1 Å². The molecule has 0 bridgehead atoms. The van der Waals surface area contributed by atoms with Gasteiger partial charge in [0, 0.05) is 12.2 Å². The van der Waals surface area contributed by atoms with Crippen LogP contribution in [-0.2, 0) is 11.2 Å². The highest BCUT2D eigenvalue weighted by Crippen LogP contribution is 2.28. The van der Waals surface area contributed by atoms with Crippen molar-refractivity contribution in [3.05, 3.63) is 47.4 Å². The van der Waals surface area contributed by atoms with Gasteiger partial charge in [0.1, 0.15) is 11.7 Å². The number of Topliss-reactive ketones (excluding diaryl/α,β-unsaturated/α-hetero) is 1. The number of hydrogen-bond donors (Lipinski definition) is 0. The second kappa shape index (κ2) is 5.13. The third kappa shape index (κ3) is 2.53. The number of ketones is 1.